The van der Waals surface area contributed by atoms with Crippen LogP contribution in [0.25, 0.3) is 126 Å². The highest BCUT2D eigenvalue weighted by molar-refractivity contribution is 6.26. The van der Waals surface area contributed by atoms with E-state index in [9.17, 15) is 0 Å². The zero-order chi connectivity index (χ0) is 48.7. The first-order chi connectivity index (χ1) is 36.7. The molecule has 0 fully saturated rings. The van der Waals surface area contributed by atoms with Crippen LogP contribution in [-0.2, 0) is 0 Å². The lowest BCUT2D eigenvalue weighted by atomic mass is 9.92. The molecule has 0 atom stereocenters. The van der Waals surface area contributed by atoms with Crippen molar-refractivity contribution < 1.29 is 0 Å². The van der Waals surface area contributed by atoms with Gasteiger partial charge >= 0.3 is 0 Å². The predicted molar refractivity (Wildman–Crippen MR) is 317 cm³/mol. The number of hydrogen-bond donors (Lipinski definition) is 0. The van der Waals surface area contributed by atoms with Crippen molar-refractivity contribution in [1.29, 1.82) is 0 Å². The molecule has 344 valence electrons. The van der Waals surface area contributed by atoms with Gasteiger partial charge in [0.15, 0.2) is 0 Å². The molecule has 0 saturated heterocycles. The van der Waals surface area contributed by atoms with Crippen molar-refractivity contribution in [2.45, 2.75) is 0 Å². The minimum atomic E-state index is 1.10. The predicted octanol–water partition coefficient (Wildman–Crippen LogP) is 20.2. The van der Waals surface area contributed by atoms with Crippen molar-refractivity contribution in [2.24, 2.45) is 0 Å². The van der Waals surface area contributed by atoms with E-state index in [0.29, 0.717) is 0 Å². The van der Waals surface area contributed by atoms with Crippen LogP contribution < -0.4 is 4.90 Å². The second-order valence-corrected chi connectivity index (χ2v) is 19.6. The van der Waals surface area contributed by atoms with Gasteiger partial charge in [0.2, 0.25) is 0 Å². The van der Waals surface area contributed by atoms with Gasteiger partial charge in [-0.1, -0.05) is 206 Å². The maximum absolute atomic E-state index is 2.48. The molecule has 1 heterocycles. The molecular weight excluding hydrogens is 893 g/mol. The van der Waals surface area contributed by atoms with Gasteiger partial charge in [-0.3, -0.25) is 0 Å². The second kappa shape index (κ2) is 16.9. The summed E-state index contributed by atoms with van der Waals surface area (Å²) in [6.45, 7) is 0. The van der Waals surface area contributed by atoms with E-state index in [1.807, 2.05) is 0 Å². The van der Waals surface area contributed by atoms with Gasteiger partial charge in [0.1, 0.15) is 0 Å². The van der Waals surface area contributed by atoms with E-state index in [1.165, 1.54) is 114 Å². The van der Waals surface area contributed by atoms with E-state index >= 15 is 0 Å². The van der Waals surface area contributed by atoms with Crippen molar-refractivity contribution in [3.05, 3.63) is 279 Å². The van der Waals surface area contributed by atoms with Crippen LogP contribution in [0.4, 0.5) is 17.1 Å². The zero-order valence-corrected chi connectivity index (χ0v) is 40.5. The third-order valence-corrected chi connectivity index (χ3v) is 15.5. The highest BCUT2D eigenvalue weighted by Crippen LogP contribution is 2.44. The average Bonchev–Trinajstić information content (AvgIpc) is 3.83. The number of fused-ring (bicyclic) bond motifs is 13. The summed E-state index contributed by atoms with van der Waals surface area (Å²) in [6.07, 6.45) is 0. The number of anilines is 3. The molecule has 0 radical (unpaired) electrons. The second-order valence-electron chi connectivity index (χ2n) is 19.6. The van der Waals surface area contributed by atoms with Crippen LogP contribution in [0.15, 0.2) is 279 Å². The average molecular weight is 939 g/mol. The first-order valence-electron chi connectivity index (χ1n) is 25.6. The molecule has 15 rings (SSSR count). The number of aromatic nitrogens is 1. The number of hydrogen-bond acceptors (Lipinski definition) is 1. The van der Waals surface area contributed by atoms with Gasteiger partial charge in [0.25, 0.3) is 0 Å². The van der Waals surface area contributed by atoms with Crippen LogP contribution in [0.3, 0.4) is 0 Å². The van der Waals surface area contributed by atoms with Gasteiger partial charge in [0, 0.05) is 33.2 Å². The summed E-state index contributed by atoms with van der Waals surface area (Å²) >= 11 is 0. The van der Waals surface area contributed by atoms with E-state index in [2.05, 4.69) is 289 Å². The van der Waals surface area contributed by atoms with Crippen molar-refractivity contribution in [2.75, 3.05) is 4.90 Å². The quantitative estimate of drug-likeness (QED) is 0.145. The monoisotopic (exact) mass is 938 g/mol. The molecule has 14 aromatic carbocycles. The number of rotatable bonds is 7. The Morgan fingerprint density at radius 1 is 0.230 bits per heavy atom. The molecule has 2 nitrogen and oxygen atoms in total. The van der Waals surface area contributed by atoms with E-state index in [1.54, 1.807) is 0 Å². The lowest BCUT2D eigenvalue weighted by Gasteiger charge is -2.27. The third-order valence-electron chi connectivity index (χ3n) is 15.5. The summed E-state index contributed by atoms with van der Waals surface area (Å²) in [6, 6.07) is 103. The molecule has 15 aromatic rings. The van der Waals surface area contributed by atoms with Crippen molar-refractivity contribution in [1.82, 2.24) is 4.57 Å². The van der Waals surface area contributed by atoms with Crippen LogP contribution in [0.1, 0.15) is 0 Å². The zero-order valence-electron chi connectivity index (χ0n) is 40.5. The maximum atomic E-state index is 2.48. The Bertz CT molecular complexity index is 4660. The fourth-order valence-corrected chi connectivity index (χ4v) is 12.0. The van der Waals surface area contributed by atoms with Gasteiger partial charge in [-0.25, -0.2) is 0 Å². The molecule has 0 bridgehead atoms. The van der Waals surface area contributed by atoms with Gasteiger partial charge < -0.3 is 9.47 Å². The molecule has 0 amide bonds. The van der Waals surface area contributed by atoms with Crippen LogP contribution in [0, 0.1) is 0 Å². The topological polar surface area (TPSA) is 8.17 Å². The summed E-state index contributed by atoms with van der Waals surface area (Å²) in [5.74, 6) is 0. The number of nitrogens with zero attached hydrogens (tertiary/aromatic N) is 2. The van der Waals surface area contributed by atoms with Crippen LogP contribution in [0.5, 0.6) is 0 Å². The Morgan fingerprint density at radius 2 is 0.676 bits per heavy atom. The summed E-state index contributed by atoms with van der Waals surface area (Å²) < 4.78 is 2.48. The lowest BCUT2D eigenvalue weighted by molar-refractivity contribution is 1.19. The maximum Gasteiger partial charge on any atom is 0.0541 e. The SMILES string of the molecule is c1ccc(-c2ccc(N(c3ccc(-c4ccc5c(c4)c4cc(-c6cc7ccccc7c7ccccc67)ccc4n5-c4ccc5c6ccccc6c6ccccc6c5c4)cc3)c3cccc4ccccc34)cc2)cc1. The lowest BCUT2D eigenvalue weighted by Crippen LogP contribution is -2.10. The largest absolute Gasteiger partial charge is 0.310 e. The smallest absolute Gasteiger partial charge is 0.0541 e. The molecule has 2 heteroatoms. The molecule has 0 aliphatic carbocycles. The Morgan fingerprint density at radius 3 is 1.32 bits per heavy atom. The van der Waals surface area contributed by atoms with Crippen LogP contribution in [-0.4, -0.2) is 4.57 Å². The van der Waals surface area contributed by atoms with Gasteiger partial charge in [-0.15, -0.1) is 0 Å². The van der Waals surface area contributed by atoms with Crippen molar-refractivity contribution >= 4 is 104 Å². The minimum absolute atomic E-state index is 1.10. The van der Waals surface area contributed by atoms with E-state index < -0.39 is 0 Å². The summed E-state index contributed by atoms with van der Waals surface area (Å²) in [5, 5.41) is 17.5. The summed E-state index contributed by atoms with van der Waals surface area (Å²) in [4.78, 5) is 2.39. The molecule has 0 aliphatic heterocycles. The molecule has 0 unspecified atom stereocenters. The van der Waals surface area contributed by atoms with Crippen LogP contribution in [0.2, 0.25) is 0 Å². The Balaban J connectivity index is 0.908. The highest BCUT2D eigenvalue weighted by Gasteiger charge is 2.20. The van der Waals surface area contributed by atoms with Gasteiger partial charge in [-0.05, 0) is 165 Å². The summed E-state index contributed by atoms with van der Waals surface area (Å²) in [7, 11) is 0. The number of benzene rings is 14. The minimum Gasteiger partial charge on any atom is -0.310 e. The van der Waals surface area contributed by atoms with Gasteiger partial charge in [0.05, 0.1) is 16.7 Å². The standard InChI is InChI=1S/C72H46N2/c1-2-15-47(16-3-1)48-29-35-54(36-30-48)73(70-28-14-19-50-17-4-7-21-58(50)70)55-37-31-49(32-38-55)51-33-41-71-68(43-51)69-45-53(66-44-52-18-5-6-20-57(52)59-22-8-12-26-63(59)66)34-42-72(69)74(71)56-39-40-65-62-25-10-9-23-60(62)61-24-11-13-27-64(61)67(65)46-56/h1-46H. The molecule has 1 aromatic heterocycles. The third kappa shape index (κ3) is 6.73. The fourth-order valence-electron chi connectivity index (χ4n) is 12.0. The van der Waals surface area contributed by atoms with Gasteiger partial charge in [-0.2, -0.15) is 0 Å². The molecule has 0 saturated carbocycles. The fraction of sp³-hybridized carbons (Fsp3) is 0. The van der Waals surface area contributed by atoms with Crippen LogP contribution >= 0.6 is 0 Å². The first kappa shape index (κ1) is 42.0. The Hall–Kier alpha value is -9.76. The molecule has 0 aliphatic rings. The molecule has 74 heavy (non-hydrogen) atoms. The molecular formula is C72H46N2. The van der Waals surface area contributed by atoms with Crippen molar-refractivity contribution in [3.63, 3.8) is 0 Å². The van der Waals surface area contributed by atoms with E-state index in [0.717, 1.165) is 28.3 Å². The van der Waals surface area contributed by atoms with E-state index in [-0.39, 0.29) is 0 Å². The molecule has 0 spiro atoms. The Kier molecular flexibility index (Phi) is 9.61. The molecule has 0 N–H and O–H groups in total. The summed E-state index contributed by atoms with van der Waals surface area (Å²) in [5.41, 5.74) is 14.0. The Labute approximate surface area is 428 Å². The normalized spacial score (nSPS) is 11.8. The highest BCUT2D eigenvalue weighted by atomic mass is 15.1. The van der Waals surface area contributed by atoms with E-state index in [4.69, 9.17) is 0 Å². The van der Waals surface area contributed by atoms with Crippen molar-refractivity contribution in [3.8, 4) is 39.1 Å². The first-order valence-corrected chi connectivity index (χ1v) is 25.6.